The van der Waals surface area contributed by atoms with Crippen LogP contribution in [0.2, 0.25) is 0 Å². The number of rotatable bonds is 5. The van der Waals surface area contributed by atoms with E-state index in [0.29, 0.717) is 5.92 Å². The van der Waals surface area contributed by atoms with Crippen LogP contribution in [0.1, 0.15) is 32.3 Å². The molecule has 0 saturated carbocycles. The molecular formula is C17H25BrN2O. The Hall–Kier alpha value is -0.870. The van der Waals surface area contributed by atoms with Crippen molar-refractivity contribution in [1.82, 2.24) is 10.6 Å². The van der Waals surface area contributed by atoms with Crippen LogP contribution in [0.15, 0.2) is 28.7 Å². The molecule has 0 spiro atoms. The molecule has 4 heteroatoms. The van der Waals surface area contributed by atoms with Crippen LogP contribution >= 0.6 is 15.9 Å². The number of amides is 1. The van der Waals surface area contributed by atoms with Crippen molar-refractivity contribution in [1.29, 1.82) is 0 Å². The maximum absolute atomic E-state index is 12.5. The van der Waals surface area contributed by atoms with Gasteiger partial charge in [-0.3, -0.25) is 4.79 Å². The molecule has 0 radical (unpaired) electrons. The number of hydrogen-bond donors (Lipinski definition) is 2. The first-order valence-electron chi connectivity index (χ1n) is 7.86. The summed E-state index contributed by atoms with van der Waals surface area (Å²) in [6, 6.07) is 8.42. The summed E-state index contributed by atoms with van der Waals surface area (Å²) in [6.45, 7) is 6.25. The SMILES string of the molecule is CCC(Cc1ccccc1Br)C(=O)NC1CNCCC1C. The van der Waals surface area contributed by atoms with E-state index in [-0.39, 0.29) is 17.9 Å². The van der Waals surface area contributed by atoms with Crippen LogP contribution in [0.5, 0.6) is 0 Å². The molecule has 3 nitrogen and oxygen atoms in total. The maximum Gasteiger partial charge on any atom is 0.223 e. The van der Waals surface area contributed by atoms with E-state index in [0.717, 1.165) is 36.8 Å². The predicted octanol–water partition coefficient (Wildman–Crippen LogP) is 3.13. The molecule has 1 amide bonds. The molecule has 2 rings (SSSR count). The smallest absolute Gasteiger partial charge is 0.223 e. The third-order valence-electron chi connectivity index (χ3n) is 4.44. The number of benzene rings is 1. The average Bonchev–Trinajstić information content (AvgIpc) is 2.48. The summed E-state index contributed by atoms with van der Waals surface area (Å²) in [4.78, 5) is 12.5. The fourth-order valence-corrected chi connectivity index (χ4v) is 3.28. The number of nitrogens with one attached hydrogen (secondary N) is 2. The summed E-state index contributed by atoms with van der Waals surface area (Å²) in [5.74, 6) is 0.780. The highest BCUT2D eigenvalue weighted by Gasteiger charge is 2.26. The molecule has 3 unspecified atom stereocenters. The minimum atomic E-state index is 0.0397. The zero-order valence-electron chi connectivity index (χ0n) is 12.9. The fourth-order valence-electron chi connectivity index (χ4n) is 2.84. The second-order valence-corrected chi connectivity index (χ2v) is 6.84. The molecule has 21 heavy (non-hydrogen) atoms. The molecule has 0 aromatic heterocycles. The molecule has 1 aliphatic rings. The van der Waals surface area contributed by atoms with Crippen LogP contribution in [0.3, 0.4) is 0 Å². The van der Waals surface area contributed by atoms with E-state index < -0.39 is 0 Å². The minimum absolute atomic E-state index is 0.0397. The van der Waals surface area contributed by atoms with Gasteiger partial charge in [-0.1, -0.05) is 48.0 Å². The monoisotopic (exact) mass is 352 g/mol. The summed E-state index contributed by atoms with van der Waals surface area (Å²) in [5, 5.41) is 6.61. The lowest BCUT2D eigenvalue weighted by atomic mass is 9.92. The van der Waals surface area contributed by atoms with Crippen molar-refractivity contribution in [3.8, 4) is 0 Å². The molecule has 1 heterocycles. The van der Waals surface area contributed by atoms with Gasteiger partial charge in [0.2, 0.25) is 5.91 Å². The van der Waals surface area contributed by atoms with Crippen molar-refractivity contribution >= 4 is 21.8 Å². The van der Waals surface area contributed by atoms with E-state index >= 15 is 0 Å². The van der Waals surface area contributed by atoms with Gasteiger partial charge in [-0.25, -0.2) is 0 Å². The van der Waals surface area contributed by atoms with Crippen LogP contribution in [0.4, 0.5) is 0 Å². The normalized spacial score (nSPS) is 23.6. The van der Waals surface area contributed by atoms with Crippen LogP contribution in [0, 0.1) is 11.8 Å². The first-order chi connectivity index (χ1) is 10.1. The zero-order chi connectivity index (χ0) is 15.2. The Morgan fingerprint density at radius 3 is 2.90 bits per heavy atom. The van der Waals surface area contributed by atoms with Gasteiger partial charge < -0.3 is 10.6 Å². The highest BCUT2D eigenvalue weighted by molar-refractivity contribution is 9.10. The second kappa shape index (κ2) is 7.95. The molecule has 116 valence electrons. The predicted molar refractivity (Wildman–Crippen MR) is 90.2 cm³/mol. The van der Waals surface area contributed by atoms with Gasteiger partial charge in [0.25, 0.3) is 0 Å². The van der Waals surface area contributed by atoms with Crippen LogP contribution < -0.4 is 10.6 Å². The topological polar surface area (TPSA) is 41.1 Å². The standard InChI is InChI=1S/C17H25BrN2O/c1-3-13(10-14-6-4-5-7-15(14)18)17(21)20-16-11-19-9-8-12(16)2/h4-7,12-13,16,19H,3,8-11H2,1-2H3,(H,20,21). The van der Waals surface area contributed by atoms with E-state index in [9.17, 15) is 4.79 Å². The third-order valence-corrected chi connectivity index (χ3v) is 5.22. The number of carbonyl (C=O) groups excluding carboxylic acids is 1. The summed E-state index contributed by atoms with van der Waals surface area (Å²) in [5.41, 5.74) is 1.20. The number of hydrogen-bond acceptors (Lipinski definition) is 2. The van der Waals surface area contributed by atoms with Gasteiger partial charge >= 0.3 is 0 Å². The van der Waals surface area contributed by atoms with Crippen molar-refractivity contribution in [2.24, 2.45) is 11.8 Å². The first kappa shape index (κ1) is 16.5. The van der Waals surface area contributed by atoms with E-state index in [1.165, 1.54) is 5.56 Å². The lowest BCUT2D eigenvalue weighted by molar-refractivity contribution is -0.126. The Morgan fingerprint density at radius 2 is 2.24 bits per heavy atom. The van der Waals surface area contributed by atoms with Gasteiger partial charge in [-0.2, -0.15) is 0 Å². The number of carbonyl (C=O) groups is 1. The average molecular weight is 353 g/mol. The maximum atomic E-state index is 12.5. The quantitative estimate of drug-likeness (QED) is 0.854. The number of halogens is 1. The molecule has 1 aliphatic heterocycles. The Morgan fingerprint density at radius 1 is 1.48 bits per heavy atom. The van der Waals surface area contributed by atoms with Crippen molar-refractivity contribution in [3.05, 3.63) is 34.3 Å². The van der Waals surface area contributed by atoms with Gasteiger partial charge in [0.1, 0.15) is 0 Å². The first-order valence-corrected chi connectivity index (χ1v) is 8.65. The summed E-state index contributed by atoms with van der Waals surface area (Å²) in [7, 11) is 0. The van der Waals surface area contributed by atoms with Crippen molar-refractivity contribution in [3.63, 3.8) is 0 Å². The van der Waals surface area contributed by atoms with Gasteiger partial charge in [-0.05, 0) is 43.4 Å². The molecule has 1 aromatic rings. The molecule has 1 aromatic carbocycles. The molecule has 1 saturated heterocycles. The molecule has 0 aliphatic carbocycles. The van der Waals surface area contributed by atoms with Gasteiger partial charge in [0.15, 0.2) is 0 Å². The van der Waals surface area contributed by atoms with Crippen LogP contribution in [0.25, 0.3) is 0 Å². The largest absolute Gasteiger partial charge is 0.352 e. The van der Waals surface area contributed by atoms with E-state index in [1.807, 2.05) is 18.2 Å². The lowest BCUT2D eigenvalue weighted by Gasteiger charge is -2.31. The number of piperidine rings is 1. The van der Waals surface area contributed by atoms with Crippen molar-refractivity contribution in [2.75, 3.05) is 13.1 Å². The Labute approximate surface area is 136 Å². The van der Waals surface area contributed by atoms with E-state index in [2.05, 4.69) is 46.5 Å². The third kappa shape index (κ3) is 4.55. The second-order valence-electron chi connectivity index (χ2n) is 5.99. The molecule has 1 fully saturated rings. The van der Waals surface area contributed by atoms with Crippen molar-refractivity contribution < 1.29 is 4.79 Å². The van der Waals surface area contributed by atoms with E-state index in [1.54, 1.807) is 0 Å². The summed E-state index contributed by atoms with van der Waals surface area (Å²) < 4.78 is 1.09. The molecular weight excluding hydrogens is 328 g/mol. The Bertz CT molecular complexity index is 478. The Balaban J connectivity index is 1.97. The molecule has 2 N–H and O–H groups in total. The van der Waals surface area contributed by atoms with Crippen molar-refractivity contribution in [2.45, 2.75) is 39.2 Å². The molecule has 3 atom stereocenters. The fraction of sp³-hybridized carbons (Fsp3) is 0.588. The summed E-state index contributed by atoms with van der Waals surface area (Å²) in [6.07, 6.45) is 2.78. The van der Waals surface area contributed by atoms with Gasteiger partial charge in [0.05, 0.1) is 0 Å². The highest BCUT2D eigenvalue weighted by atomic mass is 79.9. The highest BCUT2D eigenvalue weighted by Crippen LogP contribution is 2.21. The summed E-state index contributed by atoms with van der Waals surface area (Å²) >= 11 is 3.57. The van der Waals surface area contributed by atoms with Gasteiger partial charge in [0, 0.05) is 23.0 Å². The Kier molecular flexibility index (Phi) is 6.24. The zero-order valence-corrected chi connectivity index (χ0v) is 14.4. The van der Waals surface area contributed by atoms with Crippen LogP contribution in [-0.4, -0.2) is 25.0 Å². The van der Waals surface area contributed by atoms with E-state index in [4.69, 9.17) is 0 Å². The minimum Gasteiger partial charge on any atom is -0.352 e. The van der Waals surface area contributed by atoms with Gasteiger partial charge in [-0.15, -0.1) is 0 Å². The van der Waals surface area contributed by atoms with Crippen LogP contribution in [-0.2, 0) is 11.2 Å². The molecule has 0 bridgehead atoms. The lowest BCUT2D eigenvalue weighted by Crippen LogP contribution is -2.51.